The highest BCUT2D eigenvalue weighted by Crippen LogP contribution is 2.32. The summed E-state index contributed by atoms with van der Waals surface area (Å²) in [5.74, 6) is 0. The highest BCUT2D eigenvalue weighted by atomic mass is 16.6. The quantitative estimate of drug-likeness (QED) is 0.485. The van der Waals surface area contributed by atoms with Gasteiger partial charge < -0.3 is 5.73 Å². The second kappa shape index (κ2) is 3.71. The van der Waals surface area contributed by atoms with Gasteiger partial charge in [0.05, 0.1) is 15.2 Å². The molecule has 7 nitrogen and oxygen atoms in total. The lowest BCUT2D eigenvalue weighted by Gasteiger charge is -2.02. The smallest absolute Gasteiger partial charge is 0.293 e. The summed E-state index contributed by atoms with van der Waals surface area (Å²) in [4.78, 5) is 20.2. The van der Waals surface area contributed by atoms with Crippen molar-refractivity contribution in [2.24, 2.45) is 0 Å². The summed E-state index contributed by atoms with van der Waals surface area (Å²) in [6.07, 6.45) is 0. The molecule has 2 aromatic rings. The minimum atomic E-state index is -0.661. The highest BCUT2D eigenvalue weighted by molar-refractivity contribution is 5.95. The van der Waals surface area contributed by atoms with Crippen molar-refractivity contribution < 1.29 is 9.85 Å². The van der Waals surface area contributed by atoms with E-state index in [1.54, 1.807) is 6.07 Å². The number of nitro benzene ring substituents is 2. The second-order valence-corrected chi connectivity index (χ2v) is 3.42. The van der Waals surface area contributed by atoms with Crippen LogP contribution in [0.25, 0.3) is 10.8 Å². The number of nitro groups is 2. The normalized spacial score (nSPS) is 10.4. The molecule has 2 rings (SSSR count). The first-order chi connectivity index (χ1) is 8.00. The van der Waals surface area contributed by atoms with E-state index in [4.69, 9.17) is 5.73 Å². The third-order valence-electron chi connectivity index (χ3n) is 2.40. The lowest BCUT2D eigenvalue weighted by atomic mass is 10.1. The van der Waals surface area contributed by atoms with Gasteiger partial charge in [-0.05, 0) is 11.5 Å². The molecular formula is C10H7N3O4. The molecule has 7 heteroatoms. The number of benzene rings is 2. The van der Waals surface area contributed by atoms with Crippen molar-refractivity contribution in [1.82, 2.24) is 0 Å². The van der Waals surface area contributed by atoms with Crippen molar-refractivity contribution in [2.75, 3.05) is 5.73 Å². The van der Waals surface area contributed by atoms with Crippen LogP contribution < -0.4 is 5.73 Å². The topological polar surface area (TPSA) is 112 Å². The van der Waals surface area contributed by atoms with Crippen LogP contribution in [0.3, 0.4) is 0 Å². The Bertz CT molecular complexity index is 639. The van der Waals surface area contributed by atoms with Gasteiger partial charge in [-0.1, -0.05) is 12.1 Å². The number of nitrogens with zero attached hydrogens (tertiary/aromatic N) is 2. The number of hydrogen-bond acceptors (Lipinski definition) is 5. The molecule has 0 unspecified atom stereocenters. The minimum absolute atomic E-state index is 0.0111. The predicted molar refractivity (Wildman–Crippen MR) is 61.7 cm³/mol. The maximum Gasteiger partial charge on any atom is 0.293 e. The minimum Gasteiger partial charge on any atom is -0.393 e. The Morgan fingerprint density at radius 3 is 2.24 bits per heavy atom. The Morgan fingerprint density at radius 2 is 1.65 bits per heavy atom. The molecule has 0 saturated carbocycles. The van der Waals surface area contributed by atoms with E-state index >= 15 is 0 Å². The first-order valence-corrected chi connectivity index (χ1v) is 4.61. The fraction of sp³-hybridized carbons (Fsp3) is 0. The summed E-state index contributed by atoms with van der Waals surface area (Å²) in [6.45, 7) is 0. The number of fused-ring (bicyclic) bond motifs is 1. The number of nitrogens with two attached hydrogens (primary N) is 1. The third kappa shape index (κ3) is 1.73. The maximum atomic E-state index is 10.8. The molecule has 86 valence electrons. The van der Waals surface area contributed by atoms with Crippen molar-refractivity contribution in [3.63, 3.8) is 0 Å². The Kier molecular flexibility index (Phi) is 2.36. The highest BCUT2D eigenvalue weighted by Gasteiger charge is 2.18. The van der Waals surface area contributed by atoms with E-state index in [0.717, 1.165) is 6.07 Å². The average Bonchev–Trinajstić information content (AvgIpc) is 2.26. The summed E-state index contributed by atoms with van der Waals surface area (Å²) in [5, 5.41) is 22.2. The summed E-state index contributed by atoms with van der Waals surface area (Å²) in [6, 6.07) is 6.90. The summed E-state index contributed by atoms with van der Waals surface area (Å²) in [5.41, 5.74) is 4.99. The van der Waals surface area contributed by atoms with Crippen LogP contribution in [0, 0.1) is 20.2 Å². The Morgan fingerprint density at radius 1 is 1.00 bits per heavy atom. The van der Waals surface area contributed by atoms with Gasteiger partial charge in [0, 0.05) is 12.1 Å². The number of hydrogen-bond donors (Lipinski definition) is 1. The third-order valence-corrected chi connectivity index (χ3v) is 2.40. The van der Waals surface area contributed by atoms with E-state index in [2.05, 4.69) is 0 Å². The van der Waals surface area contributed by atoms with Crippen molar-refractivity contribution in [2.45, 2.75) is 0 Å². The fourth-order valence-corrected chi connectivity index (χ4v) is 1.63. The molecule has 17 heavy (non-hydrogen) atoms. The Balaban J connectivity index is 2.85. The monoisotopic (exact) mass is 233 g/mol. The first kappa shape index (κ1) is 10.8. The molecule has 0 aliphatic carbocycles. The van der Waals surface area contributed by atoms with Gasteiger partial charge in [0.15, 0.2) is 0 Å². The van der Waals surface area contributed by atoms with Crippen LogP contribution in [0.4, 0.5) is 17.1 Å². The molecule has 0 aliphatic heterocycles. The standard InChI is InChI=1S/C10H7N3O4/c11-8-4-6-2-1-3-9(12(14)15)7(6)5-10(8)13(16)17/h1-5H,11H2. The zero-order valence-corrected chi connectivity index (χ0v) is 8.49. The molecule has 0 heterocycles. The van der Waals surface area contributed by atoms with Crippen molar-refractivity contribution in [1.29, 1.82) is 0 Å². The summed E-state index contributed by atoms with van der Waals surface area (Å²) in [7, 11) is 0. The first-order valence-electron chi connectivity index (χ1n) is 4.61. The molecule has 0 aliphatic rings. The fourth-order valence-electron chi connectivity index (χ4n) is 1.63. The SMILES string of the molecule is Nc1cc2cccc([N+](=O)[O-])c2cc1[N+](=O)[O-]. The molecule has 0 bridgehead atoms. The largest absolute Gasteiger partial charge is 0.393 e. The van der Waals surface area contributed by atoms with Gasteiger partial charge in [-0.25, -0.2) is 0 Å². The van der Waals surface area contributed by atoms with Crippen molar-refractivity contribution in [3.8, 4) is 0 Å². The molecular weight excluding hydrogens is 226 g/mol. The van der Waals surface area contributed by atoms with Crippen LogP contribution in [0.15, 0.2) is 30.3 Å². The van der Waals surface area contributed by atoms with Crippen LogP contribution >= 0.6 is 0 Å². The van der Waals surface area contributed by atoms with E-state index in [1.807, 2.05) is 0 Å². The maximum absolute atomic E-state index is 10.8. The number of rotatable bonds is 2. The van der Waals surface area contributed by atoms with Gasteiger partial charge in [0.1, 0.15) is 5.69 Å². The van der Waals surface area contributed by atoms with Gasteiger partial charge >= 0.3 is 0 Å². The van der Waals surface area contributed by atoms with Crippen LogP contribution in [-0.2, 0) is 0 Å². The van der Waals surface area contributed by atoms with Gasteiger partial charge in [0.25, 0.3) is 11.4 Å². The second-order valence-electron chi connectivity index (χ2n) is 3.42. The van der Waals surface area contributed by atoms with Crippen LogP contribution in [0.2, 0.25) is 0 Å². The zero-order valence-electron chi connectivity index (χ0n) is 8.49. The van der Waals surface area contributed by atoms with Crippen LogP contribution in [-0.4, -0.2) is 9.85 Å². The molecule has 0 spiro atoms. The lowest BCUT2D eigenvalue weighted by molar-refractivity contribution is -0.385. The van der Waals surface area contributed by atoms with Crippen molar-refractivity contribution in [3.05, 3.63) is 50.6 Å². The predicted octanol–water partition coefficient (Wildman–Crippen LogP) is 2.24. The van der Waals surface area contributed by atoms with Gasteiger partial charge in [-0.3, -0.25) is 20.2 Å². The van der Waals surface area contributed by atoms with Gasteiger partial charge in [-0.15, -0.1) is 0 Å². The van der Waals surface area contributed by atoms with E-state index in [1.165, 1.54) is 18.2 Å². The van der Waals surface area contributed by atoms with E-state index in [-0.39, 0.29) is 22.4 Å². The number of nitrogen functional groups attached to an aromatic ring is 1. The average molecular weight is 233 g/mol. The van der Waals surface area contributed by atoms with Crippen LogP contribution in [0.5, 0.6) is 0 Å². The van der Waals surface area contributed by atoms with E-state index in [9.17, 15) is 20.2 Å². The summed E-state index contributed by atoms with van der Waals surface area (Å²) >= 11 is 0. The van der Waals surface area contributed by atoms with Gasteiger partial charge in [-0.2, -0.15) is 0 Å². The van der Waals surface area contributed by atoms with E-state index < -0.39 is 9.85 Å². The van der Waals surface area contributed by atoms with E-state index in [0.29, 0.717) is 5.39 Å². The van der Waals surface area contributed by atoms with Crippen molar-refractivity contribution >= 4 is 27.8 Å². The molecule has 0 atom stereocenters. The molecule has 2 aromatic carbocycles. The zero-order chi connectivity index (χ0) is 12.6. The number of non-ortho nitro benzene ring substituents is 1. The Hall–Kier alpha value is -2.70. The lowest BCUT2D eigenvalue weighted by Crippen LogP contribution is -1.97. The molecule has 0 aromatic heterocycles. The molecule has 0 fully saturated rings. The molecule has 2 N–H and O–H groups in total. The molecule has 0 saturated heterocycles. The molecule has 0 radical (unpaired) electrons. The van der Waals surface area contributed by atoms with Gasteiger partial charge in [0.2, 0.25) is 0 Å². The van der Waals surface area contributed by atoms with Crippen LogP contribution in [0.1, 0.15) is 0 Å². The molecule has 0 amide bonds. The number of anilines is 1. The Labute approximate surface area is 94.8 Å². The summed E-state index contributed by atoms with van der Waals surface area (Å²) < 4.78 is 0.